The molecule has 0 aromatic rings. The molecule has 0 unspecified atom stereocenters. The van der Waals surface area contributed by atoms with Gasteiger partial charge in [0.1, 0.15) is 0 Å². The summed E-state index contributed by atoms with van der Waals surface area (Å²) in [4.78, 5) is 29.5. The second-order valence-corrected chi connectivity index (χ2v) is 6.70. The zero-order valence-electron chi connectivity index (χ0n) is 13.2. The Hall–Kier alpha value is -1.14. The van der Waals surface area contributed by atoms with E-state index in [-0.39, 0.29) is 30.4 Å². The summed E-state index contributed by atoms with van der Waals surface area (Å²) < 4.78 is 0. The maximum absolute atomic E-state index is 12.3. The number of hydrogen-bond acceptors (Lipinski definition) is 4. The van der Waals surface area contributed by atoms with Gasteiger partial charge in [0, 0.05) is 38.0 Å². The Morgan fingerprint density at radius 1 is 1.29 bits per heavy atom. The first-order chi connectivity index (χ1) is 9.96. The van der Waals surface area contributed by atoms with Gasteiger partial charge in [0.15, 0.2) is 0 Å². The SMILES string of the molecule is CN(C)CC1(CO)CCN(C(=O)CN2CCCC2=O)CC1. The number of carbonyl (C=O) groups excluding carboxylic acids is 2. The highest BCUT2D eigenvalue weighted by Gasteiger charge is 2.36. The first-order valence-electron chi connectivity index (χ1n) is 7.77. The monoisotopic (exact) mass is 297 g/mol. The molecule has 0 spiro atoms. The van der Waals surface area contributed by atoms with Crippen LogP contribution in [0.5, 0.6) is 0 Å². The fraction of sp³-hybridized carbons (Fsp3) is 0.867. The van der Waals surface area contributed by atoms with Crippen LogP contribution < -0.4 is 0 Å². The Bertz CT molecular complexity index is 390. The van der Waals surface area contributed by atoms with E-state index in [9.17, 15) is 14.7 Å². The third-order valence-electron chi connectivity index (χ3n) is 4.66. The second-order valence-electron chi connectivity index (χ2n) is 6.70. The maximum atomic E-state index is 12.3. The normalized spacial score (nSPS) is 22.2. The van der Waals surface area contributed by atoms with Gasteiger partial charge in [-0.2, -0.15) is 0 Å². The minimum atomic E-state index is -0.0935. The van der Waals surface area contributed by atoms with Gasteiger partial charge in [-0.15, -0.1) is 0 Å². The molecule has 2 rings (SSSR count). The van der Waals surface area contributed by atoms with E-state index in [2.05, 4.69) is 4.90 Å². The van der Waals surface area contributed by atoms with Crippen LogP contribution in [0.4, 0.5) is 0 Å². The predicted molar refractivity (Wildman–Crippen MR) is 79.7 cm³/mol. The van der Waals surface area contributed by atoms with Crippen LogP contribution in [0.3, 0.4) is 0 Å². The first kappa shape index (κ1) is 16.2. The van der Waals surface area contributed by atoms with Gasteiger partial charge in [-0.1, -0.05) is 0 Å². The second kappa shape index (κ2) is 6.75. The summed E-state index contributed by atoms with van der Waals surface area (Å²) in [7, 11) is 4.02. The molecule has 1 N–H and O–H groups in total. The van der Waals surface area contributed by atoms with Crippen molar-refractivity contribution in [1.29, 1.82) is 0 Å². The zero-order valence-corrected chi connectivity index (χ0v) is 13.2. The van der Waals surface area contributed by atoms with E-state index in [1.807, 2.05) is 19.0 Å². The molecule has 2 aliphatic rings. The summed E-state index contributed by atoms with van der Waals surface area (Å²) in [5.41, 5.74) is -0.0935. The maximum Gasteiger partial charge on any atom is 0.242 e. The largest absolute Gasteiger partial charge is 0.396 e. The summed E-state index contributed by atoms with van der Waals surface area (Å²) >= 11 is 0. The van der Waals surface area contributed by atoms with E-state index >= 15 is 0 Å². The van der Waals surface area contributed by atoms with Gasteiger partial charge in [0.2, 0.25) is 11.8 Å². The molecular formula is C15H27N3O3. The Kier molecular flexibility index (Phi) is 5.22. The first-order valence-corrected chi connectivity index (χ1v) is 7.77. The number of carbonyl (C=O) groups is 2. The van der Waals surface area contributed by atoms with Crippen molar-refractivity contribution in [2.24, 2.45) is 5.41 Å². The topological polar surface area (TPSA) is 64.1 Å². The number of aliphatic hydroxyl groups is 1. The van der Waals surface area contributed by atoms with E-state index < -0.39 is 0 Å². The molecule has 21 heavy (non-hydrogen) atoms. The summed E-state index contributed by atoms with van der Waals surface area (Å²) in [5.74, 6) is 0.138. The number of piperidine rings is 1. The lowest BCUT2D eigenvalue weighted by Gasteiger charge is -2.42. The van der Waals surface area contributed by atoms with Gasteiger partial charge in [-0.3, -0.25) is 9.59 Å². The van der Waals surface area contributed by atoms with Crippen molar-refractivity contribution in [2.45, 2.75) is 25.7 Å². The molecule has 2 fully saturated rings. The Labute approximate surface area is 126 Å². The van der Waals surface area contributed by atoms with Gasteiger partial charge < -0.3 is 19.8 Å². The van der Waals surface area contributed by atoms with Gasteiger partial charge in [0.25, 0.3) is 0 Å². The van der Waals surface area contributed by atoms with E-state index in [0.29, 0.717) is 26.1 Å². The van der Waals surface area contributed by atoms with E-state index in [4.69, 9.17) is 0 Å². The van der Waals surface area contributed by atoms with E-state index in [0.717, 1.165) is 25.8 Å². The van der Waals surface area contributed by atoms with Crippen molar-refractivity contribution in [1.82, 2.24) is 14.7 Å². The molecule has 6 heteroatoms. The molecule has 0 aromatic carbocycles. The van der Waals surface area contributed by atoms with E-state index in [1.54, 1.807) is 4.90 Å². The fourth-order valence-corrected chi connectivity index (χ4v) is 3.40. The van der Waals surface area contributed by atoms with Crippen LogP contribution in [0.1, 0.15) is 25.7 Å². The van der Waals surface area contributed by atoms with Crippen molar-refractivity contribution in [3.05, 3.63) is 0 Å². The molecule has 2 saturated heterocycles. The molecule has 2 aliphatic heterocycles. The van der Waals surface area contributed by atoms with Crippen molar-refractivity contribution in [2.75, 3.05) is 53.4 Å². The number of likely N-dealkylation sites (tertiary alicyclic amines) is 2. The Balaban J connectivity index is 1.85. The molecular weight excluding hydrogens is 270 g/mol. The minimum absolute atomic E-state index is 0.0432. The average Bonchev–Trinajstić information content (AvgIpc) is 2.84. The highest BCUT2D eigenvalue weighted by atomic mass is 16.3. The number of amides is 2. The molecule has 0 atom stereocenters. The summed E-state index contributed by atoms with van der Waals surface area (Å²) in [5, 5.41) is 9.70. The van der Waals surface area contributed by atoms with Crippen LogP contribution in [0.15, 0.2) is 0 Å². The molecule has 2 heterocycles. The lowest BCUT2D eigenvalue weighted by Crippen LogP contribution is -2.50. The van der Waals surface area contributed by atoms with Gasteiger partial charge >= 0.3 is 0 Å². The van der Waals surface area contributed by atoms with Crippen LogP contribution in [-0.2, 0) is 9.59 Å². The van der Waals surface area contributed by atoms with Gasteiger partial charge in [-0.05, 0) is 33.4 Å². The predicted octanol–water partition coefficient (Wildman–Crippen LogP) is -0.228. The summed E-state index contributed by atoms with van der Waals surface area (Å²) in [6.45, 7) is 3.29. The fourth-order valence-electron chi connectivity index (χ4n) is 3.40. The molecule has 6 nitrogen and oxygen atoms in total. The smallest absolute Gasteiger partial charge is 0.242 e. The molecule has 0 aromatic heterocycles. The van der Waals surface area contributed by atoms with Crippen molar-refractivity contribution >= 4 is 11.8 Å². The summed E-state index contributed by atoms with van der Waals surface area (Å²) in [6, 6.07) is 0. The van der Waals surface area contributed by atoms with Gasteiger partial charge in [-0.25, -0.2) is 0 Å². The molecule has 0 saturated carbocycles. The number of hydrogen-bond donors (Lipinski definition) is 1. The van der Waals surface area contributed by atoms with Crippen molar-refractivity contribution in [3.8, 4) is 0 Å². The Morgan fingerprint density at radius 3 is 2.43 bits per heavy atom. The Morgan fingerprint density at radius 2 is 1.95 bits per heavy atom. The van der Waals surface area contributed by atoms with Crippen LogP contribution in [0, 0.1) is 5.41 Å². The van der Waals surface area contributed by atoms with E-state index in [1.165, 1.54) is 0 Å². The lowest BCUT2D eigenvalue weighted by atomic mass is 9.78. The standard InChI is InChI=1S/C15H27N3O3/c1-16(2)11-15(12-19)5-8-17(9-6-15)14(21)10-18-7-3-4-13(18)20/h19H,3-12H2,1-2H3. The van der Waals surface area contributed by atoms with Crippen LogP contribution in [-0.4, -0.2) is 85.0 Å². The van der Waals surface area contributed by atoms with Crippen LogP contribution in [0.25, 0.3) is 0 Å². The van der Waals surface area contributed by atoms with Gasteiger partial charge in [0.05, 0.1) is 13.2 Å². The average molecular weight is 297 g/mol. The molecule has 2 amide bonds. The van der Waals surface area contributed by atoms with Crippen LogP contribution in [0.2, 0.25) is 0 Å². The lowest BCUT2D eigenvalue weighted by molar-refractivity contribution is -0.140. The minimum Gasteiger partial charge on any atom is -0.396 e. The molecule has 0 radical (unpaired) electrons. The molecule has 0 aliphatic carbocycles. The molecule has 120 valence electrons. The summed E-state index contributed by atoms with van der Waals surface area (Å²) in [6.07, 6.45) is 3.08. The van der Waals surface area contributed by atoms with Crippen LogP contribution >= 0.6 is 0 Å². The third kappa shape index (κ3) is 3.95. The number of rotatable bonds is 5. The zero-order chi connectivity index (χ0) is 15.5. The van der Waals surface area contributed by atoms with Crippen molar-refractivity contribution in [3.63, 3.8) is 0 Å². The number of aliphatic hydroxyl groups excluding tert-OH is 1. The number of nitrogens with zero attached hydrogens (tertiary/aromatic N) is 3. The molecule has 0 bridgehead atoms. The third-order valence-corrected chi connectivity index (χ3v) is 4.66. The highest BCUT2D eigenvalue weighted by Crippen LogP contribution is 2.31. The van der Waals surface area contributed by atoms with Crippen molar-refractivity contribution < 1.29 is 14.7 Å². The quantitative estimate of drug-likeness (QED) is 0.761. The highest BCUT2D eigenvalue weighted by molar-refractivity contribution is 5.85.